The Kier molecular flexibility index (Phi) is 18.3. The predicted molar refractivity (Wildman–Crippen MR) is 205 cm³/mol. The van der Waals surface area contributed by atoms with Gasteiger partial charge in [-0.3, -0.25) is 33.6 Å². The summed E-state index contributed by atoms with van der Waals surface area (Å²) in [6, 6.07) is -2.02. The molecule has 1 aromatic heterocycles. The van der Waals surface area contributed by atoms with Crippen LogP contribution in [0.3, 0.4) is 0 Å². The summed E-state index contributed by atoms with van der Waals surface area (Å²) in [5, 5.41) is 12.7. The zero-order chi connectivity index (χ0) is 40.5. The van der Waals surface area contributed by atoms with E-state index in [2.05, 4.69) is 21.3 Å². The Labute approximate surface area is 326 Å². The Morgan fingerprint density at radius 2 is 1.60 bits per heavy atom. The van der Waals surface area contributed by atoms with Crippen molar-refractivity contribution in [3.8, 4) is 0 Å². The standard InChI is InChI=1S/C38H57N7O9S/c1-4-54-31(47)17-9-8-14-25(41-37(52)29-16-11-21-55-29)34(49)42-26(18-19-30(39)46)38(53)45-20-10-15-28(45)36(51)43-27(22-23(2)3)35(50)44-32(33(40)48)24-12-6-5-7-13-24/h9,11,16-17,21,23-28,32H,4-8,10,12-15,18-20,22H2,1-3H3,(H2,39,46)(H2,40,48)(H,41,52)(H,42,49)(H,43,51)(H,44,50)/b17-9+/t25-,26-,27-,28-,32-/m0/s1. The highest BCUT2D eigenvalue weighted by atomic mass is 32.1. The van der Waals surface area contributed by atoms with Crippen molar-refractivity contribution in [1.82, 2.24) is 26.2 Å². The van der Waals surface area contributed by atoms with Gasteiger partial charge in [0.2, 0.25) is 35.4 Å². The zero-order valence-corrected chi connectivity index (χ0v) is 32.8. The van der Waals surface area contributed by atoms with Crippen molar-refractivity contribution >= 4 is 58.7 Å². The lowest BCUT2D eigenvalue weighted by Crippen LogP contribution is -2.59. The molecule has 0 radical (unpaired) electrons. The minimum Gasteiger partial charge on any atom is -0.463 e. The summed E-state index contributed by atoms with van der Waals surface area (Å²) in [4.78, 5) is 106. The number of likely N-dealkylation sites (tertiary alicyclic amines) is 1. The Bertz CT molecular complexity index is 1530. The number of amides is 7. The van der Waals surface area contributed by atoms with Gasteiger partial charge in [-0.25, -0.2) is 4.79 Å². The summed E-state index contributed by atoms with van der Waals surface area (Å²) >= 11 is 1.18. The average molecular weight is 788 g/mol. The van der Waals surface area contributed by atoms with Gasteiger partial charge in [0.15, 0.2) is 0 Å². The number of carbonyl (C=O) groups excluding carboxylic acids is 8. The number of nitrogens with one attached hydrogen (secondary N) is 4. The Hall–Kier alpha value is -4.80. The molecule has 5 atom stereocenters. The van der Waals surface area contributed by atoms with Crippen LogP contribution in [-0.4, -0.2) is 95.6 Å². The maximum atomic E-state index is 14.1. The van der Waals surface area contributed by atoms with E-state index in [4.69, 9.17) is 16.2 Å². The molecule has 0 unspecified atom stereocenters. The third-order valence-corrected chi connectivity index (χ3v) is 10.6. The van der Waals surface area contributed by atoms with E-state index in [0.29, 0.717) is 11.3 Å². The van der Waals surface area contributed by atoms with Crippen LogP contribution in [-0.2, 0) is 38.3 Å². The van der Waals surface area contributed by atoms with E-state index in [9.17, 15) is 38.4 Å². The molecule has 1 aliphatic carbocycles. The maximum Gasteiger partial charge on any atom is 0.330 e. The van der Waals surface area contributed by atoms with Crippen molar-refractivity contribution < 1.29 is 43.1 Å². The number of nitrogens with two attached hydrogens (primary N) is 2. The quantitative estimate of drug-likeness (QED) is 0.0781. The molecule has 1 saturated carbocycles. The molecule has 0 bridgehead atoms. The van der Waals surface area contributed by atoms with E-state index in [1.54, 1.807) is 24.4 Å². The smallest absolute Gasteiger partial charge is 0.330 e. The second-order valence-corrected chi connectivity index (χ2v) is 15.4. The van der Waals surface area contributed by atoms with Crippen molar-refractivity contribution in [1.29, 1.82) is 0 Å². The summed E-state index contributed by atoms with van der Waals surface area (Å²) in [5.41, 5.74) is 11.1. The van der Waals surface area contributed by atoms with Crippen LogP contribution in [0.15, 0.2) is 29.7 Å². The average Bonchev–Trinajstić information content (AvgIpc) is 3.87. The first kappa shape index (κ1) is 44.6. The highest BCUT2D eigenvalue weighted by molar-refractivity contribution is 7.12. The molecular weight excluding hydrogens is 731 g/mol. The van der Waals surface area contributed by atoms with E-state index in [0.717, 1.165) is 32.1 Å². The molecule has 16 nitrogen and oxygen atoms in total. The number of allylic oxidation sites excluding steroid dienone is 1. The van der Waals surface area contributed by atoms with Gasteiger partial charge in [-0.05, 0) is 81.6 Å². The lowest BCUT2D eigenvalue weighted by Gasteiger charge is -2.32. The number of primary amides is 2. The number of hydrogen-bond acceptors (Lipinski definition) is 10. The van der Waals surface area contributed by atoms with Gasteiger partial charge in [0, 0.05) is 19.0 Å². The largest absolute Gasteiger partial charge is 0.463 e. The van der Waals surface area contributed by atoms with Gasteiger partial charge in [-0.2, -0.15) is 0 Å². The van der Waals surface area contributed by atoms with Crippen molar-refractivity contribution in [3.63, 3.8) is 0 Å². The molecule has 304 valence electrons. The van der Waals surface area contributed by atoms with Crippen molar-refractivity contribution in [3.05, 3.63) is 34.5 Å². The monoisotopic (exact) mass is 787 g/mol. The van der Waals surface area contributed by atoms with Crippen LogP contribution in [0.1, 0.15) is 107 Å². The lowest BCUT2D eigenvalue weighted by atomic mass is 9.83. The molecule has 8 N–H and O–H groups in total. The summed E-state index contributed by atoms with van der Waals surface area (Å²) in [6.07, 6.45) is 7.99. The molecule has 2 aliphatic rings. The van der Waals surface area contributed by atoms with Gasteiger partial charge in [-0.15, -0.1) is 11.3 Å². The van der Waals surface area contributed by atoms with Gasteiger partial charge >= 0.3 is 5.97 Å². The topological polar surface area (TPSA) is 249 Å². The van der Waals surface area contributed by atoms with Gasteiger partial charge in [0.25, 0.3) is 5.91 Å². The van der Waals surface area contributed by atoms with Gasteiger partial charge in [0.1, 0.15) is 30.2 Å². The summed E-state index contributed by atoms with van der Waals surface area (Å²) in [7, 11) is 0. The van der Waals surface area contributed by atoms with E-state index >= 15 is 0 Å². The first-order chi connectivity index (χ1) is 26.2. The molecule has 0 spiro atoms. The summed E-state index contributed by atoms with van der Waals surface area (Å²) in [5.74, 6) is -4.97. The van der Waals surface area contributed by atoms with Crippen molar-refractivity contribution in [2.24, 2.45) is 23.3 Å². The number of hydrogen-bond donors (Lipinski definition) is 6. The van der Waals surface area contributed by atoms with E-state index in [1.165, 1.54) is 28.4 Å². The zero-order valence-electron chi connectivity index (χ0n) is 32.0. The minimum absolute atomic E-state index is 0.0126. The van der Waals surface area contributed by atoms with Crippen molar-refractivity contribution in [2.75, 3.05) is 13.2 Å². The molecule has 1 aromatic rings. The molecular formula is C38H57N7O9S. The Balaban J connectivity index is 1.78. The number of esters is 1. The number of carbonyl (C=O) groups is 8. The molecule has 17 heteroatoms. The van der Waals surface area contributed by atoms with Crippen LogP contribution < -0.4 is 32.7 Å². The third kappa shape index (κ3) is 14.4. The summed E-state index contributed by atoms with van der Waals surface area (Å²) in [6.45, 7) is 5.81. The number of nitrogens with zero attached hydrogens (tertiary/aromatic N) is 1. The van der Waals surface area contributed by atoms with E-state index in [1.807, 2.05) is 13.8 Å². The van der Waals surface area contributed by atoms with E-state index in [-0.39, 0.29) is 63.5 Å². The Morgan fingerprint density at radius 1 is 0.891 bits per heavy atom. The molecule has 3 rings (SSSR count). The van der Waals surface area contributed by atoms with Gasteiger partial charge in [0.05, 0.1) is 11.5 Å². The normalized spacial score (nSPS) is 18.2. The van der Waals surface area contributed by atoms with Crippen LogP contribution >= 0.6 is 11.3 Å². The highest BCUT2D eigenvalue weighted by Gasteiger charge is 2.40. The lowest BCUT2D eigenvalue weighted by molar-refractivity contribution is -0.142. The maximum absolute atomic E-state index is 14.1. The number of rotatable bonds is 21. The van der Waals surface area contributed by atoms with E-state index < -0.39 is 77.5 Å². The third-order valence-electron chi connectivity index (χ3n) is 9.73. The van der Waals surface area contributed by atoms with Gasteiger partial charge < -0.3 is 42.4 Å². The Morgan fingerprint density at radius 3 is 2.22 bits per heavy atom. The molecule has 1 saturated heterocycles. The fourth-order valence-electron chi connectivity index (χ4n) is 6.97. The fraction of sp³-hybridized carbons (Fsp3) is 0.632. The first-order valence-electron chi connectivity index (χ1n) is 19.2. The second kappa shape index (κ2) is 22.5. The van der Waals surface area contributed by atoms with Gasteiger partial charge in [-0.1, -0.05) is 45.3 Å². The minimum atomic E-state index is -1.29. The summed E-state index contributed by atoms with van der Waals surface area (Å²) < 4.78 is 4.89. The molecule has 55 heavy (non-hydrogen) atoms. The number of ether oxygens (including phenoxy) is 1. The van der Waals surface area contributed by atoms with Crippen LogP contribution in [0.2, 0.25) is 0 Å². The van der Waals surface area contributed by atoms with Crippen LogP contribution in [0.4, 0.5) is 0 Å². The van der Waals surface area contributed by atoms with Crippen LogP contribution in [0.5, 0.6) is 0 Å². The second-order valence-electron chi connectivity index (χ2n) is 14.5. The molecule has 1 aliphatic heterocycles. The molecule has 7 amide bonds. The molecule has 2 fully saturated rings. The number of thiophene rings is 1. The SMILES string of the molecule is CCOC(=O)/C=C/CC[C@H](NC(=O)c1cccs1)C(=O)N[C@@H](CCC(N)=O)C(=O)N1CCC[C@H]1C(=O)N[C@@H](CC(C)C)C(=O)N[C@H](C(N)=O)C1CCCCC1. The van der Waals surface area contributed by atoms with Crippen LogP contribution in [0, 0.1) is 11.8 Å². The first-order valence-corrected chi connectivity index (χ1v) is 20.1. The molecule has 0 aromatic carbocycles. The van der Waals surface area contributed by atoms with Crippen LogP contribution in [0.25, 0.3) is 0 Å². The fourth-order valence-corrected chi connectivity index (χ4v) is 7.60. The highest BCUT2D eigenvalue weighted by Crippen LogP contribution is 2.27. The van der Waals surface area contributed by atoms with Crippen molar-refractivity contribution in [2.45, 2.75) is 128 Å². The predicted octanol–water partition coefficient (Wildman–Crippen LogP) is 1.57. The molecule has 2 heterocycles.